The van der Waals surface area contributed by atoms with Crippen LogP contribution >= 0.6 is 11.3 Å². The van der Waals surface area contributed by atoms with Gasteiger partial charge in [-0.25, -0.2) is 0 Å². The lowest BCUT2D eigenvalue weighted by Gasteiger charge is -2.08. The lowest BCUT2D eigenvalue weighted by molar-refractivity contribution is 0.0997. The smallest absolute Gasteiger partial charge is 0.279 e. The molecule has 0 saturated heterocycles. The van der Waals surface area contributed by atoms with Crippen molar-refractivity contribution in [1.82, 2.24) is 4.57 Å². The molecule has 1 aromatic heterocycles. The normalized spacial score (nSPS) is 11.6. The number of thiazole rings is 1. The number of hydrogen-bond donors (Lipinski definition) is 0. The highest BCUT2D eigenvalue weighted by molar-refractivity contribution is 7.16. The molecule has 0 aliphatic heterocycles. The highest BCUT2D eigenvalue weighted by atomic mass is 32.1. The molecule has 0 unspecified atom stereocenters. The van der Waals surface area contributed by atoms with Crippen LogP contribution < -0.4 is 19.0 Å². The highest BCUT2D eigenvalue weighted by Gasteiger charge is 2.13. The minimum Gasteiger partial charge on any atom is -0.495 e. The van der Waals surface area contributed by atoms with Gasteiger partial charge in [-0.2, -0.15) is 4.99 Å². The van der Waals surface area contributed by atoms with Crippen LogP contribution in [0.1, 0.15) is 17.3 Å². The van der Waals surface area contributed by atoms with Crippen LogP contribution in [0, 0.1) is 0 Å². The second kappa shape index (κ2) is 7.61. The summed E-state index contributed by atoms with van der Waals surface area (Å²) in [5.74, 6) is 1.49. The van der Waals surface area contributed by atoms with Crippen LogP contribution in [0.15, 0.2) is 41.4 Å². The zero-order chi connectivity index (χ0) is 18.7. The van der Waals surface area contributed by atoms with E-state index in [-0.39, 0.29) is 5.91 Å². The molecule has 0 N–H and O–H groups in total. The number of methoxy groups -OCH3 is 3. The first-order chi connectivity index (χ1) is 12.6. The van der Waals surface area contributed by atoms with Crippen molar-refractivity contribution in [3.05, 3.63) is 46.8 Å². The van der Waals surface area contributed by atoms with Crippen molar-refractivity contribution in [1.29, 1.82) is 0 Å². The fraction of sp³-hybridized carbons (Fsp3) is 0.263. The van der Waals surface area contributed by atoms with E-state index in [4.69, 9.17) is 14.2 Å². The Morgan fingerprint density at radius 2 is 1.77 bits per heavy atom. The Labute approximate surface area is 155 Å². The van der Waals surface area contributed by atoms with E-state index in [1.54, 1.807) is 32.4 Å². The number of carbonyl (C=O) groups is 1. The molecular formula is C19H20N2O4S. The number of ether oxygens (including phenoxy) is 3. The molecule has 136 valence electrons. The lowest BCUT2D eigenvalue weighted by atomic mass is 10.2. The number of fused-ring (bicyclic) bond motifs is 1. The predicted molar refractivity (Wildman–Crippen MR) is 101 cm³/mol. The average molecular weight is 372 g/mol. The zero-order valence-corrected chi connectivity index (χ0v) is 15.9. The van der Waals surface area contributed by atoms with Gasteiger partial charge in [-0.05, 0) is 37.3 Å². The summed E-state index contributed by atoms with van der Waals surface area (Å²) in [4.78, 5) is 17.6. The third kappa shape index (κ3) is 3.17. The van der Waals surface area contributed by atoms with E-state index < -0.39 is 0 Å². The van der Waals surface area contributed by atoms with E-state index in [9.17, 15) is 4.79 Å². The quantitative estimate of drug-likeness (QED) is 0.688. The molecule has 0 aliphatic carbocycles. The molecule has 3 rings (SSSR count). The summed E-state index contributed by atoms with van der Waals surface area (Å²) in [6.07, 6.45) is 0. The van der Waals surface area contributed by atoms with Crippen molar-refractivity contribution in [2.45, 2.75) is 13.5 Å². The van der Waals surface area contributed by atoms with Gasteiger partial charge in [0.2, 0.25) is 0 Å². The van der Waals surface area contributed by atoms with Gasteiger partial charge in [0.15, 0.2) is 16.3 Å². The Bertz CT molecular complexity index is 1020. The van der Waals surface area contributed by atoms with Crippen LogP contribution in [0.3, 0.4) is 0 Å². The number of benzene rings is 2. The first-order valence-corrected chi connectivity index (χ1v) is 8.92. The fourth-order valence-corrected chi connectivity index (χ4v) is 3.87. The fourth-order valence-electron chi connectivity index (χ4n) is 2.76. The molecule has 0 spiro atoms. The third-order valence-electron chi connectivity index (χ3n) is 4.03. The largest absolute Gasteiger partial charge is 0.495 e. The summed E-state index contributed by atoms with van der Waals surface area (Å²) in [6.45, 7) is 2.69. The Balaban J connectivity index is 2.11. The van der Waals surface area contributed by atoms with Gasteiger partial charge in [-0.15, -0.1) is 0 Å². The van der Waals surface area contributed by atoms with Gasteiger partial charge in [0.25, 0.3) is 5.91 Å². The van der Waals surface area contributed by atoms with Crippen LogP contribution in [0.5, 0.6) is 17.2 Å². The van der Waals surface area contributed by atoms with Crippen molar-refractivity contribution in [2.24, 2.45) is 4.99 Å². The summed E-state index contributed by atoms with van der Waals surface area (Å²) in [7, 11) is 4.73. The maximum Gasteiger partial charge on any atom is 0.279 e. The Kier molecular flexibility index (Phi) is 5.27. The highest BCUT2D eigenvalue weighted by Crippen LogP contribution is 2.29. The zero-order valence-electron chi connectivity index (χ0n) is 15.1. The van der Waals surface area contributed by atoms with E-state index in [0.717, 1.165) is 16.0 Å². The van der Waals surface area contributed by atoms with Crippen molar-refractivity contribution < 1.29 is 19.0 Å². The van der Waals surface area contributed by atoms with Crippen molar-refractivity contribution in [3.63, 3.8) is 0 Å². The molecule has 1 amide bonds. The Hall–Kier alpha value is -2.80. The number of aryl methyl sites for hydroxylation is 1. The predicted octanol–water partition coefficient (Wildman–Crippen LogP) is 3.49. The molecule has 26 heavy (non-hydrogen) atoms. The molecule has 2 aromatic carbocycles. The van der Waals surface area contributed by atoms with Gasteiger partial charge in [-0.3, -0.25) is 4.79 Å². The summed E-state index contributed by atoms with van der Waals surface area (Å²) >= 11 is 1.46. The molecule has 0 fully saturated rings. The van der Waals surface area contributed by atoms with Gasteiger partial charge in [-0.1, -0.05) is 17.4 Å². The molecule has 0 radical (unpaired) electrons. The SMILES string of the molecule is CCn1c(=NC(=O)c2ccc(OC)c(OC)c2)sc2cccc(OC)c21. The first-order valence-electron chi connectivity index (χ1n) is 8.10. The summed E-state index contributed by atoms with van der Waals surface area (Å²) in [5.41, 5.74) is 1.39. The molecule has 3 aromatic rings. The van der Waals surface area contributed by atoms with Crippen LogP contribution in [-0.2, 0) is 6.54 Å². The lowest BCUT2D eigenvalue weighted by Crippen LogP contribution is -2.16. The van der Waals surface area contributed by atoms with Gasteiger partial charge in [0.1, 0.15) is 11.3 Å². The second-order valence-electron chi connectivity index (χ2n) is 5.42. The van der Waals surface area contributed by atoms with Crippen molar-refractivity contribution in [3.8, 4) is 17.2 Å². The Morgan fingerprint density at radius 1 is 1.04 bits per heavy atom. The van der Waals surface area contributed by atoms with Crippen LogP contribution in [0.4, 0.5) is 0 Å². The standard InChI is InChI=1S/C19H20N2O4S/c1-5-21-17-14(24-3)7-6-8-16(17)26-19(21)20-18(22)12-9-10-13(23-2)15(11-12)25-4/h6-11H,5H2,1-4H3. The number of para-hydroxylation sites is 1. The van der Waals surface area contributed by atoms with E-state index >= 15 is 0 Å². The molecule has 0 aliphatic rings. The van der Waals surface area contributed by atoms with E-state index in [0.29, 0.717) is 28.4 Å². The summed E-state index contributed by atoms with van der Waals surface area (Å²) in [6, 6.07) is 10.8. The van der Waals surface area contributed by atoms with Gasteiger partial charge < -0.3 is 18.8 Å². The number of carbonyl (C=O) groups excluding carboxylic acids is 1. The number of hydrogen-bond acceptors (Lipinski definition) is 5. The van der Waals surface area contributed by atoms with Crippen molar-refractivity contribution in [2.75, 3.05) is 21.3 Å². The van der Waals surface area contributed by atoms with Gasteiger partial charge >= 0.3 is 0 Å². The molecule has 0 saturated carbocycles. The van der Waals surface area contributed by atoms with E-state index in [2.05, 4.69) is 4.99 Å². The maximum atomic E-state index is 12.7. The molecule has 6 nitrogen and oxygen atoms in total. The molecule has 0 bridgehead atoms. The molecule has 0 atom stereocenters. The summed E-state index contributed by atoms with van der Waals surface area (Å²) in [5, 5.41) is 0. The monoisotopic (exact) mass is 372 g/mol. The van der Waals surface area contributed by atoms with Gasteiger partial charge in [0.05, 0.1) is 26.0 Å². The molecule has 1 heterocycles. The molecular weight excluding hydrogens is 352 g/mol. The number of amides is 1. The minimum absolute atomic E-state index is 0.335. The molecule has 7 heteroatoms. The number of aromatic nitrogens is 1. The second-order valence-corrected chi connectivity index (χ2v) is 6.43. The first kappa shape index (κ1) is 18.0. The Morgan fingerprint density at radius 3 is 2.42 bits per heavy atom. The van der Waals surface area contributed by atoms with E-state index in [1.807, 2.05) is 29.7 Å². The maximum absolute atomic E-state index is 12.7. The van der Waals surface area contributed by atoms with Crippen LogP contribution in [-0.4, -0.2) is 31.8 Å². The summed E-state index contributed by atoms with van der Waals surface area (Å²) < 4.78 is 18.9. The average Bonchev–Trinajstić information content (AvgIpc) is 3.04. The van der Waals surface area contributed by atoms with E-state index in [1.165, 1.54) is 18.4 Å². The van der Waals surface area contributed by atoms with Gasteiger partial charge in [0, 0.05) is 12.1 Å². The number of nitrogens with zero attached hydrogens (tertiary/aromatic N) is 2. The van der Waals surface area contributed by atoms with Crippen molar-refractivity contribution >= 4 is 27.5 Å². The topological polar surface area (TPSA) is 62.1 Å². The van der Waals surface area contributed by atoms with Crippen LogP contribution in [0.2, 0.25) is 0 Å². The minimum atomic E-state index is -0.335. The third-order valence-corrected chi connectivity index (χ3v) is 5.07. The van der Waals surface area contributed by atoms with Crippen LogP contribution in [0.25, 0.3) is 10.2 Å². The number of rotatable bonds is 5.